The number of carbonyl (C=O) groups is 2. The molecule has 0 spiro atoms. The first-order valence-corrected chi connectivity index (χ1v) is 6.80. The summed E-state index contributed by atoms with van der Waals surface area (Å²) in [4.78, 5) is 23.2. The van der Waals surface area contributed by atoms with Crippen molar-refractivity contribution >= 4 is 11.8 Å². The highest BCUT2D eigenvalue weighted by Crippen LogP contribution is 2.28. The van der Waals surface area contributed by atoms with Crippen LogP contribution >= 0.6 is 0 Å². The van der Waals surface area contributed by atoms with Crippen LogP contribution in [0.1, 0.15) is 29.8 Å². The minimum atomic E-state index is -0.473. The van der Waals surface area contributed by atoms with Gasteiger partial charge in [0.15, 0.2) is 0 Å². The molecule has 1 aliphatic heterocycles. The number of hydrogen-bond donors (Lipinski definition) is 2. The molecule has 2 rings (SSSR count). The maximum absolute atomic E-state index is 12.0. The van der Waals surface area contributed by atoms with Crippen LogP contribution in [0.5, 0.6) is 5.75 Å². The van der Waals surface area contributed by atoms with Gasteiger partial charge >= 0.3 is 0 Å². The minimum Gasteiger partial charge on any atom is -0.492 e. The zero-order chi connectivity index (χ0) is 14.7. The number of ether oxygens (including phenoxy) is 1. The van der Waals surface area contributed by atoms with Gasteiger partial charge in [0.25, 0.3) is 0 Å². The van der Waals surface area contributed by atoms with E-state index < -0.39 is 5.91 Å². The van der Waals surface area contributed by atoms with Gasteiger partial charge in [0.05, 0.1) is 5.92 Å². The molecule has 3 N–H and O–H groups in total. The number of primary amides is 1. The van der Waals surface area contributed by atoms with E-state index in [0.717, 1.165) is 11.3 Å². The van der Waals surface area contributed by atoms with Gasteiger partial charge in [-0.1, -0.05) is 13.8 Å². The van der Waals surface area contributed by atoms with E-state index >= 15 is 0 Å². The second-order valence-corrected chi connectivity index (χ2v) is 5.54. The molecule has 0 aliphatic carbocycles. The highest BCUT2D eigenvalue weighted by atomic mass is 16.5. The lowest BCUT2D eigenvalue weighted by Crippen LogP contribution is -2.38. The molecule has 108 valence electrons. The maximum Gasteiger partial charge on any atom is 0.248 e. The average Bonchev–Trinajstić information content (AvgIpc) is 2.43. The SMILES string of the molecule is CC(C)CNC(=O)C1COc2ccc(C(N)=O)cc2C1. The fourth-order valence-corrected chi connectivity index (χ4v) is 2.17. The van der Waals surface area contributed by atoms with Crippen LogP contribution < -0.4 is 15.8 Å². The van der Waals surface area contributed by atoms with Gasteiger partial charge in [-0.2, -0.15) is 0 Å². The second-order valence-electron chi connectivity index (χ2n) is 5.54. The first-order valence-electron chi connectivity index (χ1n) is 6.80. The Hall–Kier alpha value is -2.04. The molecule has 0 bridgehead atoms. The molecule has 1 heterocycles. The van der Waals surface area contributed by atoms with E-state index in [0.29, 0.717) is 31.1 Å². The fraction of sp³-hybridized carbons (Fsp3) is 0.467. The molecule has 0 radical (unpaired) electrons. The molecule has 0 fully saturated rings. The van der Waals surface area contributed by atoms with Gasteiger partial charge in [0.2, 0.25) is 11.8 Å². The third kappa shape index (κ3) is 3.29. The number of benzene rings is 1. The van der Waals surface area contributed by atoms with Crippen molar-refractivity contribution in [1.82, 2.24) is 5.32 Å². The lowest BCUT2D eigenvalue weighted by molar-refractivity contribution is -0.126. The summed E-state index contributed by atoms with van der Waals surface area (Å²) in [6.45, 7) is 5.12. The lowest BCUT2D eigenvalue weighted by atomic mass is 9.94. The van der Waals surface area contributed by atoms with Crippen LogP contribution in [0.4, 0.5) is 0 Å². The summed E-state index contributed by atoms with van der Waals surface area (Å²) in [5, 5.41) is 2.91. The molecule has 5 nitrogen and oxygen atoms in total. The van der Waals surface area contributed by atoms with Crippen molar-refractivity contribution in [2.75, 3.05) is 13.2 Å². The molecule has 1 aromatic carbocycles. The normalized spacial score (nSPS) is 17.2. The van der Waals surface area contributed by atoms with Crippen LogP contribution in [0, 0.1) is 11.8 Å². The Kier molecular flexibility index (Phi) is 4.27. The van der Waals surface area contributed by atoms with Crippen molar-refractivity contribution in [2.45, 2.75) is 20.3 Å². The van der Waals surface area contributed by atoms with Gasteiger partial charge < -0.3 is 15.8 Å². The topological polar surface area (TPSA) is 81.4 Å². The van der Waals surface area contributed by atoms with E-state index in [1.807, 2.05) is 13.8 Å². The van der Waals surface area contributed by atoms with E-state index in [2.05, 4.69) is 5.32 Å². The Morgan fingerprint density at radius 2 is 2.20 bits per heavy atom. The van der Waals surface area contributed by atoms with Gasteiger partial charge in [0, 0.05) is 12.1 Å². The van der Waals surface area contributed by atoms with Crippen molar-refractivity contribution < 1.29 is 14.3 Å². The molecular formula is C15H20N2O3. The van der Waals surface area contributed by atoms with Crippen molar-refractivity contribution in [3.8, 4) is 5.75 Å². The number of carbonyl (C=O) groups excluding carboxylic acids is 2. The number of amides is 2. The molecule has 1 aromatic rings. The van der Waals surface area contributed by atoms with Crippen LogP contribution in [0.3, 0.4) is 0 Å². The number of hydrogen-bond acceptors (Lipinski definition) is 3. The zero-order valence-corrected chi connectivity index (χ0v) is 11.8. The summed E-state index contributed by atoms with van der Waals surface area (Å²) in [6, 6.07) is 5.08. The van der Waals surface area contributed by atoms with Crippen molar-refractivity contribution in [1.29, 1.82) is 0 Å². The summed E-state index contributed by atoms with van der Waals surface area (Å²) in [5.41, 5.74) is 6.56. The van der Waals surface area contributed by atoms with E-state index in [9.17, 15) is 9.59 Å². The number of rotatable bonds is 4. The highest BCUT2D eigenvalue weighted by molar-refractivity contribution is 5.93. The summed E-state index contributed by atoms with van der Waals surface area (Å²) >= 11 is 0. The highest BCUT2D eigenvalue weighted by Gasteiger charge is 2.26. The predicted octanol–water partition coefficient (Wildman–Crippen LogP) is 1.11. The monoisotopic (exact) mass is 276 g/mol. The molecule has 0 aromatic heterocycles. The number of nitrogens with two attached hydrogens (primary N) is 1. The molecular weight excluding hydrogens is 256 g/mol. The number of fused-ring (bicyclic) bond motifs is 1. The van der Waals surface area contributed by atoms with Crippen LogP contribution in [-0.4, -0.2) is 25.0 Å². The molecule has 0 saturated carbocycles. The van der Waals surface area contributed by atoms with E-state index in [1.165, 1.54) is 0 Å². The fourth-order valence-electron chi connectivity index (χ4n) is 2.17. The molecule has 1 aliphatic rings. The minimum absolute atomic E-state index is 0.00571. The van der Waals surface area contributed by atoms with E-state index in [-0.39, 0.29) is 11.8 Å². The van der Waals surface area contributed by atoms with E-state index in [1.54, 1.807) is 18.2 Å². The first-order chi connectivity index (χ1) is 9.47. The Morgan fingerprint density at radius 1 is 1.45 bits per heavy atom. The van der Waals surface area contributed by atoms with Crippen LogP contribution in [0.2, 0.25) is 0 Å². The number of nitrogens with one attached hydrogen (secondary N) is 1. The van der Waals surface area contributed by atoms with Crippen LogP contribution in [0.25, 0.3) is 0 Å². The Bertz CT molecular complexity index is 526. The summed E-state index contributed by atoms with van der Waals surface area (Å²) in [6.07, 6.45) is 0.570. The van der Waals surface area contributed by atoms with Gasteiger partial charge in [-0.05, 0) is 36.1 Å². The van der Waals surface area contributed by atoms with Crippen molar-refractivity contribution in [2.24, 2.45) is 17.6 Å². The van der Waals surface area contributed by atoms with Gasteiger partial charge in [0.1, 0.15) is 12.4 Å². The molecule has 2 amide bonds. The summed E-state index contributed by atoms with van der Waals surface area (Å²) < 4.78 is 5.59. The lowest BCUT2D eigenvalue weighted by Gasteiger charge is -2.25. The second kappa shape index (κ2) is 5.94. The van der Waals surface area contributed by atoms with Crippen LogP contribution in [-0.2, 0) is 11.2 Å². The molecule has 1 atom stereocenters. The first kappa shape index (κ1) is 14.4. The molecule has 5 heteroatoms. The third-order valence-corrected chi connectivity index (χ3v) is 3.31. The van der Waals surface area contributed by atoms with Gasteiger partial charge in [-0.3, -0.25) is 9.59 Å². The maximum atomic E-state index is 12.0. The average molecular weight is 276 g/mol. The van der Waals surface area contributed by atoms with E-state index in [4.69, 9.17) is 10.5 Å². The molecule has 0 saturated heterocycles. The van der Waals surface area contributed by atoms with Gasteiger partial charge in [-0.25, -0.2) is 0 Å². The zero-order valence-electron chi connectivity index (χ0n) is 11.8. The van der Waals surface area contributed by atoms with Crippen molar-refractivity contribution in [3.63, 3.8) is 0 Å². The Morgan fingerprint density at radius 3 is 2.85 bits per heavy atom. The Labute approximate surface area is 118 Å². The largest absolute Gasteiger partial charge is 0.492 e. The van der Waals surface area contributed by atoms with Crippen molar-refractivity contribution in [3.05, 3.63) is 29.3 Å². The predicted molar refractivity (Wildman–Crippen MR) is 75.5 cm³/mol. The quantitative estimate of drug-likeness (QED) is 0.864. The van der Waals surface area contributed by atoms with Gasteiger partial charge in [-0.15, -0.1) is 0 Å². The summed E-state index contributed by atoms with van der Waals surface area (Å²) in [5.74, 6) is 0.442. The smallest absolute Gasteiger partial charge is 0.248 e. The molecule has 1 unspecified atom stereocenters. The van der Waals surface area contributed by atoms with Crippen LogP contribution in [0.15, 0.2) is 18.2 Å². The summed E-state index contributed by atoms with van der Waals surface area (Å²) in [7, 11) is 0. The Balaban J connectivity index is 2.07. The third-order valence-electron chi connectivity index (χ3n) is 3.31. The standard InChI is InChI=1S/C15H20N2O3/c1-9(2)7-17-15(19)12-6-11-5-10(14(16)18)3-4-13(11)20-8-12/h3-5,9,12H,6-8H2,1-2H3,(H2,16,18)(H,17,19). The molecule has 20 heavy (non-hydrogen) atoms.